The van der Waals surface area contributed by atoms with Gasteiger partial charge >= 0.3 is 7.12 Å². The Morgan fingerprint density at radius 1 is 0.452 bits per heavy atom. The summed E-state index contributed by atoms with van der Waals surface area (Å²) in [6, 6.07) is 0. The average molecular weight is 468 g/mol. The van der Waals surface area contributed by atoms with Gasteiger partial charge in [0.05, 0.1) is 5.97 Å². The van der Waals surface area contributed by atoms with E-state index in [0.29, 0.717) is 0 Å². The maximum atomic E-state index is 10.4. The summed E-state index contributed by atoms with van der Waals surface area (Å²) in [5.41, 5.74) is 0. The maximum absolute atomic E-state index is 10.4. The van der Waals surface area contributed by atoms with E-state index in [0.717, 1.165) is 0 Å². The fraction of sp³-hybridized carbons (Fsp3) is 0.960. The van der Waals surface area contributed by atoms with Gasteiger partial charge < -0.3 is 8.69 Å². The van der Waals surface area contributed by atoms with Gasteiger partial charge in [0.15, 0.2) is 16.6 Å². The maximum Gasteiger partial charge on any atom is 0.557 e. The molecule has 0 aliphatic carbocycles. The largest absolute Gasteiger partial charge is 0.557 e. The molecule has 0 aliphatic rings. The molecule has 0 rings (SSSR count). The predicted octanol–water partition coefficient (Wildman–Crippen LogP) is 9.26. The quantitative estimate of drug-likeness (QED) is 0.387. The molecule has 0 unspecified atom stereocenters. The van der Waals surface area contributed by atoms with Crippen molar-refractivity contribution in [1.29, 1.82) is 5.26 Å². The minimum Gasteiger partial charge on any atom is -0.440 e. The molecule has 6 heteroatoms. The van der Waals surface area contributed by atoms with E-state index < -0.39 is 23.8 Å². The smallest absolute Gasteiger partial charge is 0.440 e. The molecule has 0 fully saturated rings. The lowest BCUT2D eigenvalue weighted by atomic mass is 9.97. The first kappa shape index (κ1) is 30.9. The summed E-state index contributed by atoms with van der Waals surface area (Å²) in [5, 5.41) is 9.96. The standard InChI is InChI=1S/C25H54BNO2Si2/c1-20(2,3)30(21(4,5)6,22(7,8)9)28-26(19-27)29-31(23(10,11)12,24(13,14)15)25(16,17)18/h1-18H3. The topological polar surface area (TPSA) is 42.2 Å². The highest BCUT2D eigenvalue weighted by Crippen LogP contribution is 2.65. The monoisotopic (exact) mass is 467 g/mol. The zero-order valence-corrected chi connectivity index (χ0v) is 26.3. The number of rotatable bonds is 4. The van der Waals surface area contributed by atoms with Crippen LogP contribution in [0.1, 0.15) is 125 Å². The first-order valence-corrected chi connectivity index (χ1v) is 15.7. The molecule has 31 heavy (non-hydrogen) atoms. The normalized spacial score (nSPS) is 15.6. The lowest BCUT2D eigenvalue weighted by Crippen LogP contribution is -2.67. The molecule has 0 amide bonds. The molecule has 0 heterocycles. The molecule has 0 radical (unpaired) electrons. The van der Waals surface area contributed by atoms with Crippen molar-refractivity contribution < 1.29 is 8.69 Å². The molecular formula is C25H54BNO2Si2. The highest BCUT2D eigenvalue weighted by molar-refractivity contribution is 6.91. The van der Waals surface area contributed by atoms with Crippen molar-refractivity contribution in [3.63, 3.8) is 0 Å². The van der Waals surface area contributed by atoms with Crippen LogP contribution in [0.4, 0.5) is 0 Å². The summed E-state index contributed by atoms with van der Waals surface area (Å²) < 4.78 is 14.2. The number of nitriles is 1. The Morgan fingerprint density at radius 3 is 0.710 bits per heavy atom. The van der Waals surface area contributed by atoms with Crippen LogP contribution in [0, 0.1) is 11.2 Å². The van der Waals surface area contributed by atoms with E-state index in [-0.39, 0.29) is 30.2 Å². The van der Waals surface area contributed by atoms with Crippen LogP contribution in [0.15, 0.2) is 0 Å². The Kier molecular flexibility index (Phi) is 8.58. The zero-order valence-electron chi connectivity index (χ0n) is 24.3. The molecule has 3 nitrogen and oxygen atoms in total. The minimum atomic E-state index is -2.59. The zero-order chi connectivity index (χ0) is 25.7. The summed E-state index contributed by atoms with van der Waals surface area (Å²) in [6.45, 7) is 41.1. The van der Waals surface area contributed by atoms with E-state index in [4.69, 9.17) is 8.69 Å². The molecule has 182 valence electrons. The van der Waals surface area contributed by atoms with Gasteiger partial charge in [-0.1, -0.05) is 125 Å². The van der Waals surface area contributed by atoms with Gasteiger partial charge in [0.25, 0.3) is 0 Å². The molecule has 0 aromatic carbocycles. The summed E-state index contributed by atoms with van der Waals surface area (Å²) in [6.07, 6.45) is 0. The van der Waals surface area contributed by atoms with E-state index in [1.165, 1.54) is 0 Å². The molecule has 0 saturated heterocycles. The predicted molar refractivity (Wildman–Crippen MR) is 143 cm³/mol. The Hall–Kier alpha value is -0.0913. The van der Waals surface area contributed by atoms with E-state index in [9.17, 15) is 5.26 Å². The van der Waals surface area contributed by atoms with Crippen molar-refractivity contribution in [2.75, 3.05) is 0 Å². The van der Waals surface area contributed by atoms with Crippen LogP contribution in [0.2, 0.25) is 30.2 Å². The first-order valence-electron chi connectivity index (χ1n) is 11.9. The third-order valence-electron chi connectivity index (χ3n) is 7.01. The summed E-state index contributed by atoms with van der Waals surface area (Å²) >= 11 is 0. The third kappa shape index (κ3) is 5.36. The molecule has 0 spiro atoms. The summed E-state index contributed by atoms with van der Waals surface area (Å²) in [4.78, 5) is 0. The molecule has 0 bridgehead atoms. The number of hydrogen-bond donors (Lipinski definition) is 0. The van der Waals surface area contributed by atoms with Crippen LogP contribution in [-0.2, 0) is 8.69 Å². The molecule has 0 aliphatic heterocycles. The number of nitrogens with zero attached hydrogens (tertiary/aromatic N) is 1. The van der Waals surface area contributed by atoms with E-state index in [1.807, 2.05) is 0 Å². The third-order valence-corrected chi connectivity index (χ3v) is 20.8. The van der Waals surface area contributed by atoms with Gasteiger partial charge in [0.2, 0.25) is 0 Å². The minimum absolute atomic E-state index is 0.0721. The Morgan fingerprint density at radius 2 is 0.613 bits per heavy atom. The van der Waals surface area contributed by atoms with Gasteiger partial charge in [-0.3, -0.25) is 0 Å². The van der Waals surface area contributed by atoms with Crippen molar-refractivity contribution in [2.24, 2.45) is 0 Å². The molecular weight excluding hydrogens is 413 g/mol. The molecule has 0 saturated carbocycles. The van der Waals surface area contributed by atoms with Gasteiger partial charge in [-0.25, -0.2) is 5.26 Å². The average Bonchev–Trinajstić information content (AvgIpc) is 2.38. The summed E-state index contributed by atoms with van der Waals surface area (Å²) in [7, 11) is -6.04. The second-order valence-electron chi connectivity index (χ2n) is 15.6. The van der Waals surface area contributed by atoms with Crippen LogP contribution in [-0.4, -0.2) is 23.8 Å². The van der Waals surface area contributed by atoms with E-state index in [2.05, 4.69) is 131 Å². The van der Waals surface area contributed by atoms with Gasteiger partial charge in [-0.15, -0.1) is 0 Å². The van der Waals surface area contributed by atoms with E-state index in [1.54, 1.807) is 0 Å². The van der Waals surface area contributed by atoms with Crippen LogP contribution >= 0.6 is 0 Å². The SMILES string of the molecule is CC(C)(C)[Si](OB(C#N)O[Si](C(C)(C)C)(C(C)(C)C)C(C)(C)C)(C(C)(C)C)C(C)(C)C. The second-order valence-corrected chi connectivity index (χ2v) is 27.8. The first-order chi connectivity index (χ1) is 13.1. The fourth-order valence-electron chi connectivity index (χ4n) is 8.21. The van der Waals surface area contributed by atoms with Crippen LogP contribution in [0.3, 0.4) is 0 Å². The number of hydrogen-bond acceptors (Lipinski definition) is 3. The second kappa shape index (κ2) is 8.60. The van der Waals surface area contributed by atoms with Crippen LogP contribution < -0.4 is 0 Å². The molecule has 0 N–H and O–H groups in total. The highest BCUT2D eigenvalue weighted by Gasteiger charge is 2.67. The lowest BCUT2D eigenvalue weighted by Gasteiger charge is -2.61. The van der Waals surface area contributed by atoms with Gasteiger partial charge in [0, 0.05) is 0 Å². The Balaban J connectivity index is 6.99. The van der Waals surface area contributed by atoms with Crippen LogP contribution in [0.25, 0.3) is 0 Å². The van der Waals surface area contributed by atoms with Crippen molar-refractivity contribution in [2.45, 2.75) is 155 Å². The van der Waals surface area contributed by atoms with E-state index >= 15 is 0 Å². The van der Waals surface area contributed by atoms with Gasteiger partial charge in [0.1, 0.15) is 0 Å². The van der Waals surface area contributed by atoms with Crippen LogP contribution in [0.5, 0.6) is 0 Å². The van der Waals surface area contributed by atoms with Crippen molar-refractivity contribution in [3.8, 4) is 5.97 Å². The highest BCUT2D eigenvalue weighted by atomic mass is 28.4. The van der Waals surface area contributed by atoms with Crippen molar-refractivity contribution in [1.82, 2.24) is 0 Å². The molecule has 0 aromatic rings. The van der Waals surface area contributed by atoms with Crippen molar-refractivity contribution >= 4 is 23.8 Å². The Bertz CT molecular complexity index is 533. The molecule has 0 aromatic heterocycles. The Labute approximate surface area is 198 Å². The fourth-order valence-corrected chi connectivity index (χ4v) is 24.8. The lowest BCUT2D eigenvalue weighted by molar-refractivity contribution is 0.303. The van der Waals surface area contributed by atoms with Gasteiger partial charge in [-0.2, -0.15) is 0 Å². The summed E-state index contributed by atoms with van der Waals surface area (Å²) in [5.74, 6) is 2.47. The molecule has 0 atom stereocenters. The van der Waals surface area contributed by atoms with Crippen molar-refractivity contribution in [3.05, 3.63) is 0 Å². The van der Waals surface area contributed by atoms with Gasteiger partial charge in [-0.05, 0) is 30.2 Å².